The molecule has 0 aromatic heterocycles. The molecule has 0 N–H and O–H groups in total. The van der Waals surface area contributed by atoms with Crippen molar-refractivity contribution in [3.8, 4) is 0 Å². The van der Waals surface area contributed by atoms with Crippen LogP contribution >= 0.6 is 11.6 Å². The van der Waals surface area contributed by atoms with Gasteiger partial charge in [0, 0.05) is 5.92 Å². The first-order valence-corrected chi connectivity index (χ1v) is 5.22. The van der Waals surface area contributed by atoms with Crippen LogP contribution in [-0.4, -0.2) is 5.24 Å². The predicted molar refractivity (Wildman–Crippen MR) is 59.3 cm³/mol. The highest BCUT2D eigenvalue weighted by molar-refractivity contribution is 6.64. The van der Waals surface area contributed by atoms with E-state index in [1.54, 1.807) is 0 Å². The van der Waals surface area contributed by atoms with Crippen molar-refractivity contribution in [2.24, 2.45) is 11.8 Å². The van der Waals surface area contributed by atoms with Crippen molar-refractivity contribution in [1.82, 2.24) is 0 Å². The third-order valence-corrected chi connectivity index (χ3v) is 2.67. The number of hydrogen-bond donors (Lipinski definition) is 0. The zero-order valence-corrected chi connectivity index (χ0v) is 9.29. The zero-order chi connectivity index (χ0) is 10.6. The van der Waals surface area contributed by atoms with Gasteiger partial charge in [-0.05, 0) is 29.5 Å². The Hall–Kier alpha value is -0.820. The van der Waals surface area contributed by atoms with E-state index in [1.165, 1.54) is 5.56 Å². The van der Waals surface area contributed by atoms with Crippen molar-refractivity contribution in [2.45, 2.75) is 20.3 Å². The second kappa shape index (κ2) is 5.16. The molecule has 0 spiro atoms. The average Bonchev–Trinajstić information content (AvgIpc) is 2.15. The van der Waals surface area contributed by atoms with Crippen molar-refractivity contribution >= 4 is 16.8 Å². The summed E-state index contributed by atoms with van der Waals surface area (Å²) in [4.78, 5) is 11.2. The summed E-state index contributed by atoms with van der Waals surface area (Å²) in [5, 5.41) is -0.233. The molecule has 0 radical (unpaired) electrons. The molecule has 0 aliphatic rings. The molecule has 2 heteroatoms. The van der Waals surface area contributed by atoms with Crippen LogP contribution in [0.5, 0.6) is 0 Å². The lowest BCUT2D eigenvalue weighted by Gasteiger charge is -2.16. The van der Waals surface area contributed by atoms with Crippen LogP contribution in [0.1, 0.15) is 19.4 Å². The summed E-state index contributed by atoms with van der Waals surface area (Å²) in [6.07, 6.45) is 0.737. The molecule has 0 bridgehead atoms. The summed E-state index contributed by atoms with van der Waals surface area (Å²) in [6.45, 7) is 4.04. The third-order valence-electron chi connectivity index (χ3n) is 2.39. The number of hydrogen-bond acceptors (Lipinski definition) is 1. The van der Waals surface area contributed by atoms with E-state index in [0.717, 1.165) is 6.42 Å². The first kappa shape index (κ1) is 11.3. The van der Waals surface area contributed by atoms with Gasteiger partial charge in [-0.3, -0.25) is 4.79 Å². The molecule has 76 valence electrons. The standard InChI is InChI=1S/C12H15ClO/c1-9(2)11(12(13)14)8-10-6-4-3-5-7-10/h3-7,9,11H,8H2,1-2H3. The second-order valence-electron chi connectivity index (χ2n) is 3.84. The van der Waals surface area contributed by atoms with E-state index >= 15 is 0 Å². The Morgan fingerprint density at radius 3 is 2.29 bits per heavy atom. The van der Waals surface area contributed by atoms with Gasteiger partial charge in [-0.2, -0.15) is 0 Å². The Balaban J connectivity index is 2.70. The number of benzene rings is 1. The summed E-state index contributed by atoms with van der Waals surface area (Å²) in [5.74, 6) is 0.222. The molecule has 1 atom stereocenters. The summed E-state index contributed by atoms with van der Waals surface area (Å²) < 4.78 is 0. The van der Waals surface area contributed by atoms with Gasteiger partial charge < -0.3 is 0 Å². The van der Waals surface area contributed by atoms with Crippen LogP contribution in [0.15, 0.2) is 30.3 Å². The molecule has 0 fully saturated rings. The van der Waals surface area contributed by atoms with Crippen molar-refractivity contribution in [3.05, 3.63) is 35.9 Å². The summed E-state index contributed by atoms with van der Waals surface area (Å²) >= 11 is 5.55. The number of halogens is 1. The monoisotopic (exact) mass is 210 g/mol. The molecule has 1 unspecified atom stereocenters. The molecule has 0 aliphatic heterocycles. The Bertz CT molecular complexity index is 292. The normalized spacial score (nSPS) is 12.9. The van der Waals surface area contributed by atoms with Crippen LogP contribution in [0.2, 0.25) is 0 Å². The highest BCUT2D eigenvalue weighted by atomic mass is 35.5. The van der Waals surface area contributed by atoms with E-state index in [2.05, 4.69) is 0 Å². The molecule has 0 heterocycles. The van der Waals surface area contributed by atoms with Gasteiger partial charge in [-0.1, -0.05) is 44.2 Å². The van der Waals surface area contributed by atoms with Crippen LogP contribution in [0.4, 0.5) is 0 Å². The second-order valence-corrected chi connectivity index (χ2v) is 4.22. The molecule has 1 aromatic rings. The van der Waals surface area contributed by atoms with Gasteiger partial charge >= 0.3 is 0 Å². The summed E-state index contributed by atoms with van der Waals surface area (Å²) in [6, 6.07) is 9.97. The van der Waals surface area contributed by atoms with Crippen molar-refractivity contribution in [2.75, 3.05) is 0 Å². The Kier molecular flexibility index (Phi) is 4.15. The first-order valence-electron chi connectivity index (χ1n) is 4.84. The number of carbonyl (C=O) groups excluding carboxylic acids is 1. The Labute approximate surface area is 90.1 Å². The minimum Gasteiger partial charge on any atom is -0.281 e. The molecule has 1 rings (SSSR count). The lowest BCUT2D eigenvalue weighted by molar-refractivity contribution is -0.116. The lowest BCUT2D eigenvalue weighted by Crippen LogP contribution is -2.18. The maximum atomic E-state index is 11.2. The smallest absolute Gasteiger partial charge is 0.225 e. The fourth-order valence-electron chi connectivity index (χ4n) is 1.45. The highest BCUT2D eigenvalue weighted by Gasteiger charge is 2.20. The van der Waals surface area contributed by atoms with Gasteiger partial charge in [-0.25, -0.2) is 0 Å². The zero-order valence-electron chi connectivity index (χ0n) is 8.53. The number of carbonyl (C=O) groups is 1. The predicted octanol–water partition coefficient (Wildman–Crippen LogP) is 3.27. The van der Waals surface area contributed by atoms with Crippen LogP contribution in [0, 0.1) is 11.8 Å². The maximum Gasteiger partial charge on any atom is 0.225 e. The van der Waals surface area contributed by atoms with Crippen molar-refractivity contribution < 1.29 is 4.79 Å². The van der Waals surface area contributed by atoms with Gasteiger partial charge in [0.15, 0.2) is 0 Å². The topological polar surface area (TPSA) is 17.1 Å². The molecular weight excluding hydrogens is 196 g/mol. The van der Waals surface area contributed by atoms with E-state index in [-0.39, 0.29) is 11.2 Å². The van der Waals surface area contributed by atoms with E-state index in [9.17, 15) is 4.79 Å². The molecule has 0 saturated heterocycles. The molecule has 0 saturated carbocycles. The number of rotatable bonds is 4. The lowest BCUT2D eigenvalue weighted by atomic mass is 9.90. The van der Waals surface area contributed by atoms with E-state index < -0.39 is 0 Å². The largest absolute Gasteiger partial charge is 0.281 e. The average molecular weight is 211 g/mol. The Morgan fingerprint density at radius 1 is 1.29 bits per heavy atom. The van der Waals surface area contributed by atoms with Crippen LogP contribution in [0.3, 0.4) is 0 Å². The van der Waals surface area contributed by atoms with E-state index in [1.807, 2.05) is 44.2 Å². The van der Waals surface area contributed by atoms with Gasteiger partial charge in [-0.15, -0.1) is 0 Å². The molecule has 14 heavy (non-hydrogen) atoms. The fourth-order valence-corrected chi connectivity index (χ4v) is 1.78. The highest BCUT2D eigenvalue weighted by Crippen LogP contribution is 2.19. The van der Waals surface area contributed by atoms with E-state index in [4.69, 9.17) is 11.6 Å². The van der Waals surface area contributed by atoms with Gasteiger partial charge in [0.2, 0.25) is 5.24 Å². The van der Waals surface area contributed by atoms with E-state index in [0.29, 0.717) is 5.92 Å². The molecule has 0 aliphatic carbocycles. The SMILES string of the molecule is CC(C)C(Cc1ccccc1)C(=O)Cl. The molecular formula is C12H15ClO. The van der Waals surface area contributed by atoms with Crippen LogP contribution in [-0.2, 0) is 11.2 Å². The minimum atomic E-state index is -0.233. The van der Waals surface area contributed by atoms with Crippen molar-refractivity contribution in [3.63, 3.8) is 0 Å². The molecule has 0 amide bonds. The van der Waals surface area contributed by atoms with Gasteiger partial charge in [0.05, 0.1) is 0 Å². The van der Waals surface area contributed by atoms with Crippen LogP contribution < -0.4 is 0 Å². The van der Waals surface area contributed by atoms with Crippen molar-refractivity contribution in [1.29, 1.82) is 0 Å². The van der Waals surface area contributed by atoms with Gasteiger partial charge in [0.25, 0.3) is 0 Å². The molecule has 1 aromatic carbocycles. The van der Waals surface area contributed by atoms with Crippen LogP contribution in [0.25, 0.3) is 0 Å². The maximum absolute atomic E-state index is 11.2. The fraction of sp³-hybridized carbons (Fsp3) is 0.417. The summed E-state index contributed by atoms with van der Waals surface area (Å²) in [5.41, 5.74) is 1.17. The third kappa shape index (κ3) is 3.15. The summed E-state index contributed by atoms with van der Waals surface area (Å²) in [7, 11) is 0. The Morgan fingerprint density at radius 2 is 1.86 bits per heavy atom. The van der Waals surface area contributed by atoms with Gasteiger partial charge in [0.1, 0.15) is 0 Å². The minimum absolute atomic E-state index is 0.0703. The first-order chi connectivity index (χ1) is 6.61. The molecule has 1 nitrogen and oxygen atoms in total. The quantitative estimate of drug-likeness (QED) is 0.698.